The van der Waals surface area contributed by atoms with Gasteiger partial charge in [0, 0.05) is 37.1 Å². The lowest BCUT2D eigenvalue weighted by Gasteiger charge is -2.33. The normalized spacial score (nSPS) is 14.8. The Morgan fingerprint density at radius 3 is 2.57 bits per heavy atom. The van der Waals surface area contributed by atoms with Crippen molar-refractivity contribution in [3.05, 3.63) is 53.9 Å². The maximum Gasteiger partial charge on any atom is 0.410 e. The first-order chi connectivity index (χ1) is 17.6. The molecule has 196 valence electrons. The number of imidazole rings is 1. The second-order valence-corrected chi connectivity index (χ2v) is 10.1. The van der Waals surface area contributed by atoms with Crippen LogP contribution in [-0.4, -0.2) is 60.4 Å². The van der Waals surface area contributed by atoms with E-state index in [2.05, 4.69) is 10.3 Å². The van der Waals surface area contributed by atoms with E-state index in [9.17, 15) is 14.3 Å². The summed E-state index contributed by atoms with van der Waals surface area (Å²) in [4.78, 5) is 28.0. The highest BCUT2D eigenvalue weighted by molar-refractivity contribution is 5.80. The third-order valence-corrected chi connectivity index (χ3v) is 6.12. The van der Waals surface area contributed by atoms with Gasteiger partial charge in [-0.05, 0) is 77.3 Å². The van der Waals surface area contributed by atoms with Crippen LogP contribution in [0.2, 0.25) is 0 Å². The van der Waals surface area contributed by atoms with E-state index in [-0.39, 0.29) is 18.0 Å². The quantitative estimate of drug-likeness (QED) is 0.435. The van der Waals surface area contributed by atoms with Crippen molar-refractivity contribution >= 4 is 18.2 Å². The number of aromatic nitrogens is 4. The molecule has 0 spiro atoms. The molecule has 0 unspecified atom stereocenters. The van der Waals surface area contributed by atoms with Gasteiger partial charge in [-0.15, -0.1) is 0 Å². The Bertz CT molecular complexity index is 1310. The molecule has 37 heavy (non-hydrogen) atoms. The van der Waals surface area contributed by atoms with Crippen LogP contribution in [0.3, 0.4) is 0 Å². The van der Waals surface area contributed by atoms with Gasteiger partial charge in [0.2, 0.25) is 5.95 Å². The Morgan fingerprint density at radius 1 is 1.19 bits per heavy atom. The smallest absolute Gasteiger partial charge is 0.410 e. The summed E-state index contributed by atoms with van der Waals surface area (Å²) in [6.07, 6.45) is 5.28. The van der Waals surface area contributed by atoms with Crippen LogP contribution in [0.4, 0.5) is 15.1 Å². The lowest BCUT2D eigenvalue weighted by Crippen LogP contribution is -2.44. The molecule has 1 aliphatic heterocycles. The van der Waals surface area contributed by atoms with Crippen LogP contribution in [-0.2, 0) is 4.74 Å². The van der Waals surface area contributed by atoms with Crippen molar-refractivity contribution in [2.75, 3.05) is 18.4 Å². The first-order valence-corrected chi connectivity index (χ1v) is 12.3. The number of piperidine rings is 1. The highest BCUT2D eigenvalue weighted by Crippen LogP contribution is 2.34. The molecule has 1 aliphatic rings. The van der Waals surface area contributed by atoms with Crippen LogP contribution in [0.1, 0.15) is 45.0 Å². The van der Waals surface area contributed by atoms with Gasteiger partial charge in [0.15, 0.2) is 0 Å². The first-order valence-electron chi connectivity index (χ1n) is 12.3. The number of benzene rings is 1. The molecule has 1 fully saturated rings. The number of aryl methyl sites for hydroxylation is 2. The van der Waals surface area contributed by atoms with Gasteiger partial charge in [0.25, 0.3) is 0 Å². The van der Waals surface area contributed by atoms with Crippen molar-refractivity contribution in [2.24, 2.45) is 0 Å². The number of carbonyl (C=O) groups excluding carboxylic acids is 1. The Morgan fingerprint density at radius 2 is 1.92 bits per heavy atom. The molecule has 1 aromatic carbocycles. The number of nitrogens with zero attached hydrogens (tertiary/aromatic N) is 5. The number of aliphatic hydroxyl groups is 1. The zero-order valence-corrected chi connectivity index (χ0v) is 21.8. The Hall–Kier alpha value is -3.95. The van der Waals surface area contributed by atoms with E-state index < -0.39 is 5.60 Å². The minimum absolute atomic E-state index is 0.0942. The topological polar surface area (TPSA) is 105 Å². The third-order valence-electron chi connectivity index (χ3n) is 6.12. The number of ether oxygens (including phenoxy) is 1. The highest BCUT2D eigenvalue weighted by Gasteiger charge is 2.27. The summed E-state index contributed by atoms with van der Waals surface area (Å²) >= 11 is 0. The van der Waals surface area contributed by atoms with Gasteiger partial charge in [-0.2, -0.15) is 0 Å². The second kappa shape index (κ2) is 10.6. The van der Waals surface area contributed by atoms with E-state index in [1.807, 2.05) is 34.6 Å². The minimum atomic E-state index is -0.526. The average molecular weight is 509 g/mol. The van der Waals surface area contributed by atoms with Gasteiger partial charge >= 0.3 is 6.09 Å². The standard InChI is InChI=1S/C27H33FN6O3/c1-17-16-19(28)6-7-21(17)23-24(34(14-15-35)18(2)30-23)22-8-11-29-25(32-22)31-20-9-12-33(13-10-20)26(36)37-27(3,4)5/h6-8,11,14-16,20,35H,9-10,12-13H2,1-5H3,(H,29,31,32)/b15-14-. The molecular weight excluding hydrogens is 475 g/mol. The van der Waals surface area contributed by atoms with Gasteiger partial charge in [0.1, 0.15) is 17.2 Å². The third kappa shape index (κ3) is 6.07. The zero-order chi connectivity index (χ0) is 26.7. The van der Waals surface area contributed by atoms with Crippen LogP contribution in [0.15, 0.2) is 36.7 Å². The molecule has 0 saturated carbocycles. The largest absolute Gasteiger partial charge is 0.514 e. The van der Waals surface area contributed by atoms with Gasteiger partial charge < -0.3 is 20.1 Å². The summed E-state index contributed by atoms with van der Waals surface area (Å²) in [5, 5.41) is 12.9. The number of aliphatic hydroxyl groups excluding tert-OH is 1. The molecule has 2 N–H and O–H groups in total. The summed E-state index contributed by atoms with van der Waals surface area (Å²) in [5.74, 6) is 0.774. The highest BCUT2D eigenvalue weighted by atomic mass is 19.1. The van der Waals surface area contributed by atoms with E-state index in [1.54, 1.807) is 27.8 Å². The molecule has 0 atom stereocenters. The van der Waals surface area contributed by atoms with Crippen LogP contribution in [0.25, 0.3) is 28.8 Å². The van der Waals surface area contributed by atoms with Crippen LogP contribution in [0.5, 0.6) is 0 Å². The van der Waals surface area contributed by atoms with E-state index in [0.29, 0.717) is 41.9 Å². The van der Waals surface area contributed by atoms with Crippen LogP contribution >= 0.6 is 0 Å². The number of halogens is 1. The summed E-state index contributed by atoms with van der Waals surface area (Å²) in [5.41, 5.74) is 2.87. The van der Waals surface area contributed by atoms with E-state index in [1.165, 1.54) is 18.3 Å². The molecule has 1 amide bonds. The van der Waals surface area contributed by atoms with Crippen molar-refractivity contribution in [1.82, 2.24) is 24.4 Å². The summed E-state index contributed by atoms with van der Waals surface area (Å²) in [6.45, 7) is 10.4. The fourth-order valence-corrected chi connectivity index (χ4v) is 4.39. The first kappa shape index (κ1) is 26.1. The molecule has 2 aromatic heterocycles. The number of anilines is 1. The van der Waals surface area contributed by atoms with E-state index >= 15 is 0 Å². The lowest BCUT2D eigenvalue weighted by molar-refractivity contribution is 0.0210. The number of nitrogens with one attached hydrogen (secondary N) is 1. The van der Waals surface area contributed by atoms with Gasteiger partial charge in [0.05, 0.1) is 23.3 Å². The van der Waals surface area contributed by atoms with E-state index in [4.69, 9.17) is 14.7 Å². The molecule has 3 aromatic rings. The maximum atomic E-state index is 13.8. The van der Waals surface area contributed by atoms with Crippen LogP contribution < -0.4 is 5.32 Å². The number of likely N-dealkylation sites (tertiary alicyclic amines) is 1. The van der Waals surface area contributed by atoms with Crippen molar-refractivity contribution in [1.29, 1.82) is 0 Å². The molecule has 0 radical (unpaired) electrons. The molecule has 4 rings (SSSR count). The van der Waals surface area contributed by atoms with Gasteiger partial charge in [-0.1, -0.05) is 0 Å². The number of amides is 1. The van der Waals surface area contributed by atoms with Crippen molar-refractivity contribution in [3.8, 4) is 22.6 Å². The molecular formula is C27H33FN6O3. The van der Waals surface area contributed by atoms with Gasteiger partial charge in [-0.25, -0.2) is 24.1 Å². The Kier molecular flexibility index (Phi) is 7.47. The van der Waals surface area contributed by atoms with Gasteiger partial charge in [-0.3, -0.25) is 4.57 Å². The molecule has 1 saturated heterocycles. The SMILES string of the molecule is Cc1cc(F)ccc1-c1nc(C)n(/C=C\O)c1-c1ccnc(NC2CCN(C(=O)OC(C)(C)C)CC2)n1. The predicted octanol–water partition coefficient (Wildman–Crippen LogP) is 5.56. The maximum absolute atomic E-state index is 13.8. The molecule has 0 bridgehead atoms. The number of rotatable bonds is 5. The monoisotopic (exact) mass is 508 g/mol. The van der Waals surface area contributed by atoms with Crippen molar-refractivity contribution < 1.29 is 19.0 Å². The number of carbonyl (C=O) groups is 1. The van der Waals surface area contributed by atoms with Crippen LogP contribution in [0, 0.1) is 19.7 Å². The predicted molar refractivity (Wildman–Crippen MR) is 141 cm³/mol. The summed E-state index contributed by atoms with van der Waals surface area (Å²) in [6, 6.07) is 6.43. The molecule has 3 heterocycles. The Balaban J connectivity index is 1.58. The summed E-state index contributed by atoms with van der Waals surface area (Å²) in [7, 11) is 0. The van der Waals surface area contributed by atoms with Crippen molar-refractivity contribution in [2.45, 2.75) is 59.1 Å². The molecule has 10 heteroatoms. The number of hydrogen-bond donors (Lipinski definition) is 2. The molecule has 0 aliphatic carbocycles. The fourth-order valence-electron chi connectivity index (χ4n) is 4.39. The minimum Gasteiger partial charge on any atom is -0.514 e. The van der Waals surface area contributed by atoms with E-state index in [0.717, 1.165) is 30.2 Å². The number of hydrogen-bond acceptors (Lipinski definition) is 7. The fraction of sp³-hybridized carbons (Fsp3) is 0.407. The summed E-state index contributed by atoms with van der Waals surface area (Å²) < 4.78 is 21.0. The average Bonchev–Trinajstić information content (AvgIpc) is 3.14. The molecule has 9 nitrogen and oxygen atoms in total. The Labute approximate surface area is 216 Å². The van der Waals surface area contributed by atoms with Crippen molar-refractivity contribution in [3.63, 3.8) is 0 Å². The lowest BCUT2D eigenvalue weighted by atomic mass is 10.0. The zero-order valence-electron chi connectivity index (χ0n) is 21.8. The second-order valence-electron chi connectivity index (χ2n) is 10.1.